The summed E-state index contributed by atoms with van der Waals surface area (Å²) in [5.41, 5.74) is 9.27. The molecule has 0 spiro atoms. The third-order valence-corrected chi connectivity index (χ3v) is 2.64. The highest BCUT2D eigenvalue weighted by Gasteiger charge is 2.14. The Balaban J connectivity index is 2.37. The Labute approximate surface area is 95.5 Å². The van der Waals surface area contributed by atoms with E-state index in [-0.39, 0.29) is 11.8 Å². The minimum Gasteiger partial charge on any atom is -0.388 e. The first kappa shape index (κ1) is 12.6. The maximum Gasteiger partial charge on any atom is 0.157 e. The Hall–Kier alpha value is -1.48. The van der Waals surface area contributed by atoms with Gasteiger partial charge in [0.1, 0.15) is 0 Å². The summed E-state index contributed by atoms with van der Waals surface area (Å²) in [6.45, 7) is 2.71. The molecule has 1 saturated heterocycles. The zero-order chi connectivity index (χ0) is 11.8. The molecule has 1 rings (SSSR count). The number of carbonyl (C=O) groups excluding carboxylic acids is 1. The van der Waals surface area contributed by atoms with Crippen molar-refractivity contribution in [3.63, 3.8) is 0 Å². The third kappa shape index (κ3) is 4.36. The van der Waals surface area contributed by atoms with Crippen LogP contribution in [-0.2, 0) is 4.79 Å². The van der Waals surface area contributed by atoms with E-state index in [1.54, 1.807) is 6.08 Å². The smallest absolute Gasteiger partial charge is 0.157 e. The maximum absolute atomic E-state index is 11.5. The van der Waals surface area contributed by atoms with E-state index in [0.29, 0.717) is 13.0 Å². The number of nitrogens with zero attached hydrogens (tertiary/aromatic N) is 3. The van der Waals surface area contributed by atoms with Gasteiger partial charge in [-0.2, -0.15) is 0 Å². The van der Waals surface area contributed by atoms with Gasteiger partial charge in [0.05, 0.1) is 6.04 Å². The van der Waals surface area contributed by atoms with Crippen LogP contribution in [0.25, 0.3) is 10.4 Å². The topological polar surface area (TPSA) is 77.9 Å². The lowest BCUT2D eigenvalue weighted by Crippen LogP contribution is -2.31. The van der Waals surface area contributed by atoms with Crippen molar-refractivity contribution in [1.82, 2.24) is 5.32 Å². The van der Waals surface area contributed by atoms with Crippen LogP contribution in [0, 0.1) is 0 Å². The molecule has 1 aliphatic rings. The molecule has 0 aromatic heterocycles. The first-order valence-electron chi connectivity index (χ1n) is 5.77. The SMILES string of the molecule is CCCCC(=O)/C=C1/CC[C@@H](N=[N+]=[N-])CN1. The molecule has 0 aromatic rings. The van der Waals surface area contributed by atoms with E-state index in [4.69, 9.17) is 5.53 Å². The van der Waals surface area contributed by atoms with Crippen LogP contribution in [0.5, 0.6) is 0 Å². The zero-order valence-corrected chi connectivity index (χ0v) is 9.65. The van der Waals surface area contributed by atoms with Crippen molar-refractivity contribution in [3.8, 4) is 0 Å². The van der Waals surface area contributed by atoms with Crippen LogP contribution in [0.1, 0.15) is 39.0 Å². The second kappa shape index (κ2) is 6.90. The molecule has 88 valence electrons. The van der Waals surface area contributed by atoms with E-state index in [1.165, 1.54) is 0 Å². The molecule has 1 aliphatic heterocycles. The molecule has 1 N–H and O–H groups in total. The van der Waals surface area contributed by atoms with Gasteiger partial charge in [-0.05, 0) is 24.8 Å². The van der Waals surface area contributed by atoms with Crippen molar-refractivity contribution >= 4 is 5.78 Å². The average Bonchev–Trinajstić information content (AvgIpc) is 2.29. The fourth-order valence-electron chi connectivity index (χ4n) is 1.67. The molecule has 0 aliphatic carbocycles. The molecule has 1 atom stereocenters. The fourth-order valence-corrected chi connectivity index (χ4v) is 1.67. The normalized spacial score (nSPS) is 22.3. The highest BCUT2D eigenvalue weighted by Crippen LogP contribution is 2.14. The number of allylic oxidation sites excluding steroid dienone is 2. The van der Waals surface area contributed by atoms with Crippen LogP contribution >= 0.6 is 0 Å². The number of carbonyl (C=O) groups is 1. The van der Waals surface area contributed by atoms with Gasteiger partial charge >= 0.3 is 0 Å². The van der Waals surface area contributed by atoms with Crippen molar-refractivity contribution in [1.29, 1.82) is 0 Å². The maximum atomic E-state index is 11.5. The van der Waals surface area contributed by atoms with Crippen LogP contribution in [0.4, 0.5) is 0 Å². The van der Waals surface area contributed by atoms with Gasteiger partial charge in [0.25, 0.3) is 0 Å². The third-order valence-electron chi connectivity index (χ3n) is 2.64. The second-order valence-corrected chi connectivity index (χ2v) is 4.02. The van der Waals surface area contributed by atoms with Gasteiger partial charge < -0.3 is 5.32 Å². The molecule has 0 bridgehead atoms. The first-order chi connectivity index (χ1) is 7.76. The molecular formula is C11H18N4O. The van der Waals surface area contributed by atoms with Crippen molar-refractivity contribution < 1.29 is 4.79 Å². The number of rotatable bonds is 5. The van der Waals surface area contributed by atoms with Crippen molar-refractivity contribution in [3.05, 3.63) is 22.2 Å². The predicted molar refractivity (Wildman–Crippen MR) is 62.8 cm³/mol. The first-order valence-corrected chi connectivity index (χ1v) is 5.77. The molecule has 16 heavy (non-hydrogen) atoms. The minimum absolute atomic E-state index is 0.0212. The molecule has 0 saturated carbocycles. The van der Waals surface area contributed by atoms with Gasteiger partial charge in [0.15, 0.2) is 5.78 Å². The predicted octanol–water partition coefficient (Wildman–Crippen LogP) is 2.69. The summed E-state index contributed by atoms with van der Waals surface area (Å²) in [4.78, 5) is 14.3. The van der Waals surface area contributed by atoms with Crippen LogP contribution in [0.15, 0.2) is 16.9 Å². The van der Waals surface area contributed by atoms with Crippen LogP contribution in [0.2, 0.25) is 0 Å². The number of ketones is 1. The van der Waals surface area contributed by atoms with Crippen LogP contribution in [-0.4, -0.2) is 18.4 Å². The van der Waals surface area contributed by atoms with Crippen LogP contribution < -0.4 is 5.32 Å². The number of nitrogens with one attached hydrogen (secondary N) is 1. The molecule has 5 heteroatoms. The summed E-state index contributed by atoms with van der Waals surface area (Å²) >= 11 is 0. The van der Waals surface area contributed by atoms with Crippen molar-refractivity contribution in [2.45, 2.75) is 45.1 Å². The molecule has 5 nitrogen and oxygen atoms in total. The molecular weight excluding hydrogens is 204 g/mol. The zero-order valence-electron chi connectivity index (χ0n) is 9.65. The highest BCUT2D eigenvalue weighted by atomic mass is 16.1. The van der Waals surface area contributed by atoms with Gasteiger partial charge in [-0.3, -0.25) is 4.79 Å². The Bertz CT molecular complexity index is 308. The number of azide groups is 1. The van der Waals surface area contributed by atoms with E-state index in [9.17, 15) is 4.79 Å². The summed E-state index contributed by atoms with van der Waals surface area (Å²) in [6, 6.07) is 0.0212. The van der Waals surface area contributed by atoms with Crippen molar-refractivity contribution in [2.75, 3.05) is 6.54 Å². The van der Waals surface area contributed by atoms with Crippen molar-refractivity contribution in [2.24, 2.45) is 5.11 Å². The van der Waals surface area contributed by atoms with E-state index in [2.05, 4.69) is 22.3 Å². The Morgan fingerprint density at radius 1 is 1.75 bits per heavy atom. The van der Waals surface area contributed by atoms with Gasteiger partial charge in [-0.15, -0.1) is 0 Å². The Morgan fingerprint density at radius 2 is 2.56 bits per heavy atom. The largest absolute Gasteiger partial charge is 0.388 e. The molecule has 1 heterocycles. The van der Waals surface area contributed by atoms with E-state index in [1.807, 2.05) is 0 Å². The standard InChI is InChI=1S/C11H18N4O/c1-2-3-4-11(16)7-9-5-6-10(8-13-9)14-15-12/h7,10,13H,2-6,8H2,1H3/b9-7-/t10-/m1/s1. The summed E-state index contributed by atoms with van der Waals surface area (Å²) in [6.07, 6.45) is 5.93. The van der Waals surface area contributed by atoms with Crippen LogP contribution in [0.3, 0.4) is 0 Å². The summed E-state index contributed by atoms with van der Waals surface area (Å²) in [5, 5.41) is 6.79. The minimum atomic E-state index is 0.0212. The number of hydrogen-bond acceptors (Lipinski definition) is 3. The summed E-state index contributed by atoms with van der Waals surface area (Å²) < 4.78 is 0. The van der Waals surface area contributed by atoms with Gasteiger partial charge in [-0.25, -0.2) is 0 Å². The highest BCUT2D eigenvalue weighted by molar-refractivity contribution is 5.90. The second-order valence-electron chi connectivity index (χ2n) is 4.02. The monoisotopic (exact) mass is 222 g/mol. The van der Waals surface area contributed by atoms with E-state index >= 15 is 0 Å². The Morgan fingerprint density at radius 3 is 3.12 bits per heavy atom. The number of unbranched alkanes of at least 4 members (excludes halogenated alkanes) is 1. The van der Waals surface area contributed by atoms with Gasteiger partial charge in [-0.1, -0.05) is 18.5 Å². The molecule has 0 radical (unpaired) electrons. The van der Waals surface area contributed by atoms with E-state index < -0.39 is 0 Å². The average molecular weight is 222 g/mol. The lowest BCUT2D eigenvalue weighted by molar-refractivity contribution is -0.114. The Kier molecular flexibility index (Phi) is 5.43. The molecule has 0 amide bonds. The number of piperidine rings is 1. The lowest BCUT2D eigenvalue weighted by atomic mass is 10.0. The summed E-state index contributed by atoms with van der Waals surface area (Å²) in [7, 11) is 0. The van der Waals surface area contributed by atoms with Gasteiger partial charge in [0, 0.05) is 29.7 Å². The van der Waals surface area contributed by atoms with Gasteiger partial charge in [0.2, 0.25) is 0 Å². The molecule has 0 aromatic carbocycles. The fraction of sp³-hybridized carbons (Fsp3) is 0.727. The molecule has 1 fully saturated rings. The number of hydrogen-bond donors (Lipinski definition) is 1. The molecule has 0 unspecified atom stereocenters. The van der Waals surface area contributed by atoms with E-state index in [0.717, 1.165) is 31.4 Å². The quantitative estimate of drug-likeness (QED) is 0.336. The lowest BCUT2D eigenvalue weighted by Gasteiger charge is -2.21. The summed E-state index contributed by atoms with van der Waals surface area (Å²) in [5.74, 6) is 0.187.